The van der Waals surface area contributed by atoms with Crippen LogP contribution in [0.3, 0.4) is 0 Å². The van der Waals surface area contributed by atoms with Gasteiger partial charge in [0.05, 0.1) is 11.7 Å². The molecule has 2 aromatic heterocycles. The number of carbonyl (C=O) groups excluding carboxylic acids is 1. The zero-order valence-corrected chi connectivity index (χ0v) is 16.6. The van der Waals surface area contributed by atoms with Gasteiger partial charge in [0.2, 0.25) is 5.91 Å². The zero-order chi connectivity index (χ0) is 18.5. The first-order chi connectivity index (χ1) is 12.5. The zero-order valence-electron chi connectivity index (χ0n) is 15.8. The van der Waals surface area contributed by atoms with Crippen LogP contribution in [0.5, 0.6) is 0 Å². The molecule has 1 saturated heterocycles. The van der Waals surface area contributed by atoms with Crippen LogP contribution >= 0.6 is 11.3 Å². The van der Waals surface area contributed by atoms with E-state index in [-0.39, 0.29) is 11.9 Å². The first-order valence-corrected chi connectivity index (χ1v) is 10.1. The molecule has 1 aliphatic rings. The first kappa shape index (κ1) is 19.1. The van der Waals surface area contributed by atoms with Crippen molar-refractivity contribution >= 4 is 17.2 Å². The Labute approximate surface area is 159 Å². The second kappa shape index (κ2) is 8.79. The van der Waals surface area contributed by atoms with E-state index in [0.717, 1.165) is 43.2 Å². The number of nitrogens with one attached hydrogen (secondary N) is 1. The van der Waals surface area contributed by atoms with E-state index >= 15 is 0 Å². The molecule has 1 fully saturated rings. The van der Waals surface area contributed by atoms with Crippen LogP contribution in [0, 0.1) is 13.8 Å². The predicted molar refractivity (Wildman–Crippen MR) is 103 cm³/mol. The molecule has 1 N–H and O–H groups in total. The molecule has 0 saturated carbocycles. The molecule has 1 unspecified atom stereocenters. The smallest absolute Gasteiger partial charge is 0.220 e. The summed E-state index contributed by atoms with van der Waals surface area (Å²) >= 11 is 1.77. The van der Waals surface area contributed by atoms with Crippen LogP contribution < -0.4 is 5.32 Å². The third kappa shape index (κ3) is 4.72. The fraction of sp³-hybridized carbons (Fsp3) is 0.579. The molecule has 6 nitrogen and oxygen atoms in total. The van der Waals surface area contributed by atoms with Crippen molar-refractivity contribution in [3.63, 3.8) is 0 Å². The Morgan fingerprint density at radius 2 is 2.12 bits per heavy atom. The topological polar surface area (TPSA) is 61.6 Å². The van der Waals surface area contributed by atoms with Crippen molar-refractivity contribution in [2.24, 2.45) is 0 Å². The second-order valence-electron chi connectivity index (χ2n) is 6.98. The number of likely N-dealkylation sites (N-methyl/N-ethyl adjacent to an activating group) is 1. The number of thiophene rings is 1. The summed E-state index contributed by atoms with van der Waals surface area (Å²) in [5, 5.41) is 9.20. The third-order valence-corrected chi connectivity index (χ3v) is 6.10. The maximum Gasteiger partial charge on any atom is 0.220 e. The van der Waals surface area contributed by atoms with Gasteiger partial charge in [-0.15, -0.1) is 11.3 Å². The van der Waals surface area contributed by atoms with Gasteiger partial charge in [-0.3, -0.25) is 9.69 Å². The summed E-state index contributed by atoms with van der Waals surface area (Å²) in [7, 11) is 2.16. The molecule has 0 aliphatic carbocycles. The SMILES string of the molecule is Cc1noc(C)c1CCC(=O)NCC(c1cccs1)N1CCN(C)CC1. The van der Waals surface area contributed by atoms with E-state index in [1.54, 1.807) is 11.3 Å². The van der Waals surface area contributed by atoms with Crippen molar-refractivity contribution in [3.05, 3.63) is 39.4 Å². The highest BCUT2D eigenvalue weighted by molar-refractivity contribution is 7.10. The Hall–Kier alpha value is -1.70. The number of nitrogens with zero attached hydrogens (tertiary/aromatic N) is 3. The number of amides is 1. The Morgan fingerprint density at radius 3 is 2.73 bits per heavy atom. The Morgan fingerprint density at radius 1 is 1.35 bits per heavy atom. The molecule has 1 aliphatic heterocycles. The summed E-state index contributed by atoms with van der Waals surface area (Å²) < 4.78 is 5.17. The number of aromatic nitrogens is 1. The summed E-state index contributed by atoms with van der Waals surface area (Å²) in [5.41, 5.74) is 1.93. The minimum Gasteiger partial charge on any atom is -0.361 e. The molecule has 3 heterocycles. The summed E-state index contributed by atoms with van der Waals surface area (Å²) in [6.45, 7) is 8.69. The van der Waals surface area contributed by atoms with E-state index < -0.39 is 0 Å². The Balaban J connectivity index is 1.55. The summed E-state index contributed by atoms with van der Waals surface area (Å²) in [6.07, 6.45) is 1.13. The predicted octanol–water partition coefficient (Wildman–Crippen LogP) is 2.39. The lowest BCUT2D eigenvalue weighted by molar-refractivity contribution is -0.121. The van der Waals surface area contributed by atoms with Crippen LogP contribution in [0.4, 0.5) is 0 Å². The highest BCUT2D eigenvalue weighted by Gasteiger charge is 2.25. The molecular formula is C19H28N4O2S. The van der Waals surface area contributed by atoms with E-state index in [9.17, 15) is 4.79 Å². The van der Waals surface area contributed by atoms with Gasteiger partial charge in [0.1, 0.15) is 5.76 Å². The van der Waals surface area contributed by atoms with E-state index in [2.05, 4.69) is 44.8 Å². The Bertz CT molecular complexity index is 686. The lowest BCUT2D eigenvalue weighted by Crippen LogP contribution is -2.48. The fourth-order valence-corrected chi connectivity index (χ4v) is 4.28. The molecule has 0 bridgehead atoms. The fourth-order valence-electron chi connectivity index (χ4n) is 3.42. The molecule has 26 heavy (non-hydrogen) atoms. The maximum atomic E-state index is 12.4. The number of aryl methyl sites for hydroxylation is 2. The number of rotatable bonds is 7. The lowest BCUT2D eigenvalue weighted by Gasteiger charge is -2.37. The van der Waals surface area contributed by atoms with Crippen LogP contribution in [0.1, 0.15) is 34.4 Å². The summed E-state index contributed by atoms with van der Waals surface area (Å²) in [4.78, 5) is 18.5. The molecule has 3 rings (SSSR count). The number of hydrogen-bond acceptors (Lipinski definition) is 6. The molecular weight excluding hydrogens is 348 g/mol. The summed E-state index contributed by atoms with van der Waals surface area (Å²) in [6, 6.07) is 4.51. The molecule has 0 aromatic carbocycles. The van der Waals surface area contributed by atoms with E-state index in [4.69, 9.17) is 4.52 Å². The Kier molecular flexibility index (Phi) is 6.45. The largest absolute Gasteiger partial charge is 0.361 e. The van der Waals surface area contributed by atoms with Crippen molar-refractivity contribution in [2.45, 2.75) is 32.7 Å². The van der Waals surface area contributed by atoms with Gasteiger partial charge in [-0.1, -0.05) is 11.2 Å². The van der Waals surface area contributed by atoms with E-state index in [0.29, 0.717) is 19.4 Å². The third-order valence-electron chi connectivity index (χ3n) is 5.13. The normalized spacial score (nSPS) is 17.3. The van der Waals surface area contributed by atoms with Gasteiger partial charge >= 0.3 is 0 Å². The number of carbonyl (C=O) groups is 1. The highest BCUT2D eigenvalue weighted by Crippen LogP contribution is 2.25. The minimum absolute atomic E-state index is 0.0840. The highest BCUT2D eigenvalue weighted by atomic mass is 32.1. The van der Waals surface area contributed by atoms with Gasteiger partial charge in [0.25, 0.3) is 0 Å². The van der Waals surface area contributed by atoms with E-state index in [1.807, 2.05) is 13.8 Å². The minimum atomic E-state index is 0.0840. The lowest BCUT2D eigenvalue weighted by atomic mass is 10.1. The molecule has 142 valence electrons. The van der Waals surface area contributed by atoms with Gasteiger partial charge in [-0.25, -0.2) is 0 Å². The van der Waals surface area contributed by atoms with Crippen LogP contribution in [-0.2, 0) is 11.2 Å². The summed E-state index contributed by atoms with van der Waals surface area (Å²) in [5.74, 6) is 0.893. The number of piperazine rings is 1. The van der Waals surface area contributed by atoms with Gasteiger partial charge in [-0.05, 0) is 38.8 Å². The molecule has 0 radical (unpaired) electrons. The number of hydrogen-bond donors (Lipinski definition) is 1. The van der Waals surface area contributed by atoms with Gasteiger partial charge in [-0.2, -0.15) is 0 Å². The van der Waals surface area contributed by atoms with E-state index in [1.165, 1.54) is 4.88 Å². The average Bonchev–Trinajstić information content (AvgIpc) is 3.26. The van der Waals surface area contributed by atoms with Crippen molar-refractivity contribution in [2.75, 3.05) is 39.8 Å². The van der Waals surface area contributed by atoms with Crippen LogP contribution in [0.15, 0.2) is 22.0 Å². The van der Waals surface area contributed by atoms with Gasteiger partial charge in [0.15, 0.2) is 0 Å². The second-order valence-corrected chi connectivity index (χ2v) is 7.96. The van der Waals surface area contributed by atoms with Crippen molar-refractivity contribution in [1.82, 2.24) is 20.3 Å². The molecule has 2 aromatic rings. The van der Waals surface area contributed by atoms with Crippen LogP contribution in [0.2, 0.25) is 0 Å². The molecule has 0 spiro atoms. The molecule has 1 amide bonds. The molecule has 7 heteroatoms. The molecule has 1 atom stereocenters. The first-order valence-electron chi connectivity index (χ1n) is 9.19. The monoisotopic (exact) mass is 376 g/mol. The van der Waals surface area contributed by atoms with Crippen molar-refractivity contribution in [3.8, 4) is 0 Å². The van der Waals surface area contributed by atoms with Gasteiger partial charge < -0.3 is 14.7 Å². The van der Waals surface area contributed by atoms with Gasteiger partial charge in [0, 0.05) is 49.6 Å². The van der Waals surface area contributed by atoms with Crippen molar-refractivity contribution in [1.29, 1.82) is 0 Å². The quantitative estimate of drug-likeness (QED) is 0.804. The maximum absolute atomic E-state index is 12.4. The van der Waals surface area contributed by atoms with Crippen LogP contribution in [0.25, 0.3) is 0 Å². The standard InChI is InChI=1S/C19H28N4O2S/c1-14-16(15(2)25-21-14)6-7-19(24)20-13-17(18-5-4-12-26-18)23-10-8-22(3)9-11-23/h4-5,12,17H,6-11,13H2,1-3H3,(H,20,24). The van der Waals surface area contributed by atoms with Crippen molar-refractivity contribution < 1.29 is 9.32 Å². The average molecular weight is 377 g/mol. The van der Waals surface area contributed by atoms with Crippen LogP contribution in [-0.4, -0.2) is 60.6 Å².